The van der Waals surface area contributed by atoms with Gasteiger partial charge in [-0.2, -0.15) is 0 Å². The maximum Gasteiger partial charge on any atom is 0.231 e. The van der Waals surface area contributed by atoms with E-state index < -0.39 is 0 Å². The van der Waals surface area contributed by atoms with Crippen LogP contribution >= 0.6 is 15.9 Å². The molecule has 0 radical (unpaired) electrons. The summed E-state index contributed by atoms with van der Waals surface area (Å²) in [5.41, 5.74) is 1.26. The standard InChI is InChI=1S/C12H16BrNO2/c1-2-4-14-5-3-9-6-10(13)12-11(7-9)15-8-16-12/h6-7,14H,2-5,8H2,1H3. The third-order valence-electron chi connectivity index (χ3n) is 2.50. The monoisotopic (exact) mass is 285 g/mol. The van der Waals surface area contributed by atoms with Crippen LogP contribution in [0.3, 0.4) is 0 Å². The second-order valence-electron chi connectivity index (χ2n) is 3.81. The molecular weight excluding hydrogens is 270 g/mol. The fourth-order valence-corrected chi connectivity index (χ4v) is 2.30. The smallest absolute Gasteiger partial charge is 0.231 e. The normalized spacial score (nSPS) is 13.1. The highest BCUT2D eigenvalue weighted by Gasteiger charge is 2.17. The predicted molar refractivity (Wildman–Crippen MR) is 67.1 cm³/mol. The lowest BCUT2D eigenvalue weighted by atomic mass is 10.1. The molecule has 1 aromatic carbocycles. The van der Waals surface area contributed by atoms with Gasteiger partial charge in [-0.25, -0.2) is 0 Å². The molecule has 1 aliphatic heterocycles. The van der Waals surface area contributed by atoms with Crippen LogP contribution in [0.1, 0.15) is 18.9 Å². The molecule has 0 aromatic heterocycles. The number of hydrogen-bond acceptors (Lipinski definition) is 3. The summed E-state index contributed by atoms with van der Waals surface area (Å²) in [6, 6.07) is 4.15. The molecule has 1 heterocycles. The zero-order chi connectivity index (χ0) is 11.4. The van der Waals surface area contributed by atoms with E-state index in [1.54, 1.807) is 0 Å². The first-order valence-electron chi connectivity index (χ1n) is 5.60. The van der Waals surface area contributed by atoms with Crippen molar-refractivity contribution < 1.29 is 9.47 Å². The number of rotatable bonds is 5. The Morgan fingerprint density at radius 3 is 3.00 bits per heavy atom. The SMILES string of the molecule is CCCNCCc1cc(Br)c2c(c1)OCO2. The first-order valence-corrected chi connectivity index (χ1v) is 6.39. The van der Waals surface area contributed by atoms with E-state index in [0.717, 1.165) is 35.5 Å². The lowest BCUT2D eigenvalue weighted by molar-refractivity contribution is 0.173. The van der Waals surface area contributed by atoms with Gasteiger partial charge in [-0.1, -0.05) is 6.92 Å². The topological polar surface area (TPSA) is 30.5 Å². The van der Waals surface area contributed by atoms with E-state index in [0.29, 0.717) is 6.79 Å². The van der Waals surface area contributed by atoms with Crippen LogP contribution in [0.15, 0.2) is 16.6 Å². The lowest BCUT2D eigenvalue weighted by Gasteiger charge is -2.06. The number of fused-ring (bicyclic) bond motifs is 1. The van der Waals surface area contributed by atoms with Crippen molar-refractivity contribution in [1.29, 1.82) is 0 Å². The minimum atomic E-state index is 0.325. The van der Waals surface area contributed by atoms with Gasteiger partial charge in [0.2, 0.25) is 6.79 Å². The molecule has 0 bridgehead atoms. The number of hydrogen-bond donors (Lipinski definition) is 1. The van der Waals surface area contributed by atoms with Crippen LogP contribution in [-0.4, -0.2) is 19.9 Å². The fraction of sp³-hybridized carbons (Fsp3) is 0.500. The van der Waals surface area contributed by atoms with Gasteiger partial charge in [-0.15, -0.1) is 0 Å². The number of ether oxygens (including phenoxy) is 2. The molecule has 0 unspecified atom stereocenters. The fourth-order valence-electron chi connectivity index (χ4n) is 1.70. The molecule has 16 heavy (non-hydrogen) atoms. The Hall–Kier alpha value is -0.740. The number of halogens is 1. The largest absolute Gasteiger partial charge is 0.454 e. The molecule has 88 valence electrons. The third kappa shape index (κ3) is 2.68. The van der Waals surface area contributed by atoms with Crippen molar-refractivity contribution in [3.63, 3.8) is 0 Å². The predicted octanol–water partition coefficient (Wildman–Crippen LogP) is 2.72. The first kappa shape index (κ1) is 11.7. The summed E-state index contributed by atoms with van der Waals surface area (Å²) in [7, 11) is 0. The molecule has 1 aromatic rings. The van der Waals surface area contributed by atoms with E-state index in [2.05, 4.69) is 40.3 Å². The quantitative estimate of drug-likeness (QED) is 0.844. The van der Waals surface area contributed by atoms with E-state index in [-0.39, 0.29) is 0 Å². The first-order chi connectivity index (χ1) is 7.81. The molecule has 0 atom stereocenters. The van der Waals surface area contributed by atoms with Crippen molar-refractivity contribution in [3.8, 4) is 11.5 Å². The number of nitrogens with one attached hydrogen (secondary N) is 1. The van der Waals surface area contributed by atoms with Crippen molar-refractivity contribution in [2.45, 2.75) is 19.8 Å². The van der Waals surface area contributed by atoms with Gasteiger partial charge in [-0.3, -0.25) is 0 Å². The van der Waals surface area contributed by atoms with Gasteiger partial charge < -0.3 is 14.8 Å². The average molecular weight is 286 g/mol. The minimum absolute atomic E-state index is 0.325. The summed E-state index contributed by atoms with van der Waals surface area (Å²) in [5, 5.41) is 3.38. The van der Waals surface area contributed by atoms with Crippen LogP contribution in [0.5, 0.6) is 11.5 Å². The van der Waals surface area contributed by atoms with Crippen molar-refractivity contribution in [2.75, 3.05) is 19.9 Å². The van der Waals surface area contributed by atoms with Crippen molar-refractivity contribution in [2.24, 2.45) is 0 Å². The Balaban J connectivity index is 1.97. The van der Waals surface area contributed by atoms with Crippen LogP contribution in [0.2, 0.25) is 0 Å². The number of benzene rings is 1. The van der Waals surface area contributed by atoms with Crippen LogP contribution in [-0.2, 0) is 6.42 Å². The van der Waals surface area contributed by atoms with Crippen molar-refractivity contribution in [1.82, 2.24) is 5.32 Å². The lowest BCUT2D eigenvalue weighted by Crippen LogP contribution is -2.17. The Labute approximate surface area is 104 Å². The van der Waals surface area contributed by atoms with Gasteiger partial charge in [0.25, 0.3) is 0 Å². The molecule has 0 spiro atoms. The zero-order valence-electron chi connectivity index (χ0n) is 9.38. The maximum absolute atomic E-state index is 5.37. The Morgan fingerprint density at radius 1 is 1.31 bits per heavy atom. The van der Waals surface area contributed by atoms with Gasteiger partial charge in [0.15, 0.2) is 11.5 Å². The highest BCUT2D eigenvalue weighted by Crippen LogP contribution is 2.39. The average Bonchev–Trinajstić information content (AvgIpc) is 2.73. The van der Waals surface area contributed by atoms with Crippen LogP contribution < -0.4 is 14.8 Å². The Bertz CT molecular complexity index is 368. The molecule has 1 N–H and O–H groups in total. The summed E-state index contributed by atoms with van der Waals surface area (Å²) in [6.07, 6.45) is 2.18. The van der Waals surface area contributed by atoms with E-state index in [9.17, 15) is 0 Å². The van der Waals surface area contributed by atoms with Gasteiger partial charge in [0, 0.05) is 0 Å². The van der Waals surface area contributed by atoms with Crippen LogP contribution in [0, 0.1) is 0 Å². The Kier molecular flexibility index (Phi) is 4.07. The van der Waals surface area contributed by atoms with E-state index >= 15 is 0 Å². The van der Waals surface area contributed by atoms with E-state index in [4.69, 9.17) is 9.47 Å². The summed E-state index contributed by atoms with van der Waals surface area (Å²) >= 11 is 3.50. The van der Waals surface area contributed by atoms with Gasteiger partial charge in [0.05, 0.1) is 4.47 Å². The van der Waals surface area contributed by atoms with Crippen LogP contribution in [0.25, 0.3) is 0 Å². The molecule has 2 rings (SSSR count). The molecule has 0 fully saturated rings. The summed E-state index contributed by atoms with van der Waals surface area (Å²) in [5.74, 6) is 1.67. The third-order valence-corrected chi connectivity index (χ3v) is 3.09. The van der Waals surface area contributed by atoms with Crippen LogP contribution in [0.4, 0.5) is 0 Å². The van der Waals surface area contributed by atoms with E-state index in [1.165, 1.54) is 12.0 Å². The molecule has 0 saturated heterocycles. The molecule has 3 nitrogen and oxygen atoms in total. The molecule has 1 aliphatic rings. The van der Waals surface area contributed by atoms with Gasteiger partial charge in [0.1, 0.15) is 0 Å². The molecular formula is C12H16BrNO2. The molecule has 4 heteroatoms. The molecule has 0 aliphatic carbocycles. The van der Waals surface area contributed by atoms with E-state index in [1.807, 2.05) is 0 Å². The maximum atomic E-state index is 5.37. The zero-order valence-corrected chi connectivity index (χ0v) is 11.0. The Morgan fingerprint density at radius 2 is 2.19 bits per heavy atom. The van der Waals surface area contributed by atoms with Crippen molar-refractivity contribution >= 4 is 15.9 Å². The minimum Gasteiger partial charge on any atom is -0.454 e. The second kappa shape index (κ2) is 5.55. The van der Waals surface area contributed by atoms with Gasteiger partial charge >= 0.3 is 0 Å². The second-order valence-corrected chi connectivity index (χ2v) is 4.67. The molecule has 0 amide bonds. The highest BCUT2D eigenvalue weighted by molar-refractivity contribution is 9.10. The highest BCUT2D eigenvalue weighted by atomic mass is 79.9. The van der Waals surface area contributed by atoms with Crippen molar-refractivity contribution in [3.05, 3.63) is 22.2 Å². The summed E-state index contributed by atoms with van der Waals surface area (Å²) < 4.78 is 11.7. The summed E-state index contributed by atoms with van der Waals surface area (Å²) in [4.78, 5) is 0. The van der Waals surface area contributed by atoms with Gasteiger partial charge in [-0.05, 0) is 59.6 Å². The summed E-state index contributed by atoms with van der Waals surface area (Å²) in [6.45, 7) is 4.57. The molecule has 0 saturated carbocycles.